The molecular formula is C23H27N3O2. The number of amides is 2. The minimum Gasteiger partial charge on any atom is -0.332 e. The lowest BCUT2D eigenvalue weighted by atomic mass is 9.99. The molecule has 1 N–H and O–H groups in total. The molecule has 2 aliphatic rings. The van der Waals surface area contributed by atoms with Crippen LogP contribution in [0.3, 0.4) is 0 Å². The van der Waals surface area contributed by atoms with Crippen LogP contribution >= 0.6 is 0 Å². The molecule has 5 nitrogen and oxygen atoms in total. The van der Waals surface area contributed by atoms with Gasteiger partial charge in [-0.2, -0.15) is 0 Å². The normalized spacial score (nSPS) is 19.5. The van der Waals surface area contributed by atoms with E-state index >= 15 is 0 Å². The van der Waals surface area contributed by atoms with Crippen molar-refractivity contribution in [1.29, 1.82) is 0 Å². The Hall–Kier alpha value is -2.66. The van der Waals surface area contributed by atoms with Crippen molar-refractivity contribution in [3.63, 3.8) is 0 Å². The van der Waals surface area contributed by atoms with E-state index in [1.807, 2.05) is 29.2 Å². The zero-order chi connectivity index (χ0) is 19.5. The van der Waals surface area contributed by atoms with Crippen molar-refractivity contribution in [3.8, 4) is 0 Å². The number of rotatable bonds is 4. The number of anilines is 1. The van der Waals surface area contributed by atoms with Crippen LogP contribution in [0.1, 0.15) is 36.1 Å². The maximum Gasteiger partial charge on any atom is 0.243 e. The van der Waals surface area contributed by atoms with Gasteiger partial charge in [0.2, 0.25) is 11.8 Å². The molecule has 2 aromatic carbocycles. The number of aryl methyl sites for hydroxylation is 2. The molecule has 0 radical (unpaired) electrons. The van der Waals surface area contributed by atoms with Crippen molar-refractivity contribution in [2.75, 3.05) is 31.1 Å². The standard InChI is InChI=1S/C23H27N3O2/c1-2-17-7-9-19(10-8-17)21-15-24-13-14-25(21)23(28)16-26-20-6-4-3-5-18(20)11-12-22(26)27/h3-10,21,24H,2,11-16H2,1H3. The fourth-order valence-electron chi connectivity index (χ4n) is 4.17. The van der Waals surface area contributed by atoms with Crippen LogP contribution in [-0.4, -0.2) is 42.9 Å². The van der Waals surface area contributed by atoms with Crippen LogP contribution in [0.2, 0.25) is 0 Å². The smallest absolute Gasteiger partial charge is 0.243 e. The molecule has 0 aliphatic carbocycles. The minimum atomic E-state index is 0.00212. The largest absolute Gasteiger partial charge is 0.332 e. The Kier molecular flexibility index (Phi) is 5.44. The van der Waals surface area contributed by atoms with Crippen molar-refractivity contribution < 1.29 is 9.59 Å². The lowest BCUT2D eigenvalue weighted by molar-refractivity contribution is -0.134. The van der Waals surface area contributed by atoms with Gasteiger partial charge in [0.25, 0.3) is 0 Å². The zero-order valence-corrected chi connectivity index (χ0v) is 16.4. The lowest BCUT2D eigenvalue weighted by Crippen LogP contribution is -2.52. The van der Waals surface area contributed by atoms with Crippen LogP contribution in [-0.2, 0) is 22.4 Å². The van der Waals surface area contributed by atoms with Gasteiger partial charge in [-0.3, -0.25) is 9.59 Å². The summed E-state index contributed by atoms with van der Waals surface area (Å²) in [6.07, 6.45) is 2.22. The highest BCUT2D eigenvalue weighted by molar-refractivity contribution is 6.01. The third-order valence-corrected chi connectivity index (χ3v) is 5.82. The van der Waals surface area contributed by atoms with E-state index in [2.05, 4.69) is 36.5 Å². The molecule has 1 unspecified atom stereocenters. The van der Waals surface area contributed by atoms with Crippen LogP contribution in [0.5, 0.6) is 0 Å². The second kappa shape index (κ2) is 8.15. The number of hydrogen-bond donors (Lipinski definition) is 1. The van der Waals surface area contributed by atoms with E-state index in [1.54, 1.807) is 4.90 Å². The quantitative estimate of drug-likeness (QED) is 0.891. The molecule has 2 amide bonds. The highest BCUT2D eigenvalue weighted by Gasteiger charge is 2.32. The number of carbonyl (C=O) groups excluding carboxylic acids is 2. The van der Waals surface area contributed by atoms with Gasteiger partial charge >= 0.3 is 0 Å². The zero-order valence-electron chi connectivity index (χ0n) is 16.4. The van der Waals surface area contributed by atoms with Crippen molar-refractivity contribution in [1.82, 2.24) is 10.2 Å². The van der Waals surface area contributed by atoms with Gasteiger partial charge in [-0.1, -0.05) is 49.4 Å². The molecule has 1 atom stereocenters. The molecule has 0 aromatic heterocycles. The fourth-order valence-corrected chi connectivity index (χ4v) is 4.17. The molecule has 2 aromatic rings. The van der Waals surface area contributed by atoms with Crippen molar-refractivity contribution in [2.45, 2.75) is 32.2 Å². The maximum atomic E-state index is 13.2. The van der Waals surface area contributed by atoms with Gasteiger partial charge in [0.15, 0.2) is 0 Å². The molecule has 28 heavy (non-hydrogen) atoms. The van der Waals surface area contributed by atoms with E-state index in [0.717, 1.165) is 42.7 Å². The summed E-state index contributed by atoms with van der Waals surface area (Å²) >= 11 is 0. The first kappa shape index (κ1) is 18.7. The molecule has 0 saturated carbocycles. The van der Waals surface area contributed by atoms with Gasteiger partial charge < -0.3 is 15.1 Å². The molecule has 1 saturated heterocycles. The monoisotopic (exact) mass is 377 g/mol. The third-order valence-electron chi connectivity index (χ3n) is 5.82. The van der Waals surface area contributed by atoms with Gasteiger partial charge in [-0.15, -0.1) is 0 Å². The maximum absolute atomic E-state index is 13.2. The summed E-state index contributed by atoms with van der Waals surface area (Å²) in [5.41, 5.74) is 4.46. The molecule has 146 valence electrons. The number of hydrogen-bond acceptors (Lipinski definition) is 3. The molecule has 1 fully saturated rings. The SMILES string of the molecule is CCc1ccc(C2CNCCN2C(=O)CN2C(=O)CCc3ccccc32)cc1. The van der Waals surface area contributed by atoms with E-state index in [-0.39, 0.29) is 24.4 Å². The number of piperazine rings is 1. The molecule has 5 heteroatoms. The van der Waals surface area contributed by atoms with E-state index in [9.17, 15) is 9.59 Å². The number of nitrogens with one attached hydrogen (secondary N) is 1. The van der Waals surface area contributed by atoms with Gasteiger partial charge in [0.05, 0.1) is 6.04 Å². The molecule has 2 heterocycles. The van der Waals surface area contributed by atoms with E-state index in [0.29, 0.717) is 13.0 Å². The van der Waals surface area contributed by atoms with Crippen molar-refractivity contribution >= 4 is 17.5 Å². The molecule has 0 bridgehead atoms. The van der Waals surface area contributed by atoms with Crippen molar-refractivity contribution in [3.05, 3.63) is 65.2 Å². The van der Waals surface area contributed by atoms with Gasteiger partial charge in [0.1, 0.15) is 6.54 Å². The van der Waals surface area contributed by atoms with Crippen LogP contribution in [0.4, 0.5) is 5.69 Å². The number of fused-ring (bicyclic) bond motifs is 1. The van der Waals surface area contributed by atoms with Gasteiger partial charge in [0, 0.05) is 31.7 Å². The van der Waals surface area contributed by atoms with E-state index in [1.165, 1.54) is 5.56 Å². The van der Waals surface area contributed by atoms with Crippen molar-refractivity contribution in [2.24, 2.45) is 0 Å². The predicted octanol–water partition coefficient (Wildman–Crippen LogP) is 2.70. The Morgan fingerprint density at radius 1 is 1.11 bits per heavy atom. The number of nitrogens with zero attached hydrogens (tertiary/aromatic N) is 2. The summed E-state index contributed by atoms with van der Waals surface area (Å²) in [5.74, 6) is 0.0437. The predicted molar refractivity (Wildman–Crippen MR) is 110 cm³/mol. The van der Waals surface area contributed by atoms with E-state index in [4.69, 9.17) is 0 Å². The highest BCUT2D eigenvalue weighted by Crippen LogP contribution is 2.29. The second-order valence-electron chi connectivity index (χ2n) is 7.51. The summed E-state index contributed by atoms with van der Waals surface area (Å²) in [6, 6.07) is 16.4. The van der Waals surface area contributed by atoms with E-state index < -0.39 is 0 Å². The number of para-hydroxylation sites is 1. The number of benzene rings is 2. The van der Waals surface area contributed by atoms with Crippen LogP contribution in [0.25, 0.3) is 0 Å². The minimum absolute atomic E-state index is 0.00212. The van der Waals surface area contributed by atoms with Gasteiger partial charge in [-0.25, -0.2) is 0 Å². The number of carbonyl (C=O) groups is 2. The Bertz CT molecular complexity index is 862. The third kappa shape index (κ3) is 3.67. The van der Waals surface area contributed by atoms with Gasteiger partial charge in [-0.05, 0) is 35.6 Å². The first-order chi connectivity index (χ1) is 13.7. The van der Waals surface area contributed by atoms with Crippen LogP contribution in [0, 0.1) is 0 Å². The Morgan fingerprint density at radius 2 is 1.89 bits per heavy atom. The Balaban J connectivity index is 1.55. The Morgan fingerprint density at radius 3 is 2.68 bits per heavy atom. The summed E-state index contributed by atoms with van der Waals surface area (Å²) in [6.45, 7) is 4.42. The summed E-state index contributed by atoms with van der Waals surface area (Å²) in [4.78, 5) is 29.4. The molecular weight excluding hydrogens is 350 g/mol. The lowest BCUT2D eigenvalue weighted by Gasteiger charge is -2.38. The van der Waals surface area contributed by atoms with Crippen LogP contribution < -0.4 is 10.2 Å². The molecule has 4 rings (SSSR count). The molecule has 2 aliphatic heterocycles. The van der Waals surface area contributed by atoms with Crippen LogP contribution in [0.15, 0.2) is 48.5 Å². The summed E-state index contributed by atoms with van der Waals surface area (Å²) in [7, 11) is 0. The first-order valence-electron chi connectivity index (χ1n) is 10.1. The summed E-state index contributed by atoms with van der Waals surface area (Å²) < 4.78 is 0. The summed E-state index contributed by atoms with van der Waals surface area (Å²) in [5, 5.41) is 3.40. The second-order valence-corrected chi connectivity index (χ2v) is 7.51. The Labute approximate surface area is 166 Å². The fraction of sp³-hybridized carbons (Fsp3) is 0.391. The average Bonchev–Trinajstić information content (AvgIpc) is 2.76. The highest BCUT2D eigenvalue weighted by atomic mass is 16.2. The topological polar surface area (TPSA) is 52.7 Å². The molecule has 0 spiro atoms. The average molecular weight is 377 g/mol. The first-order valence-corrected chi connectivity index (χ1v) is 10.1.